The number of hydrogen-bond donors (Lipinski definition) is 4. The Kier molecular flexibility index (Phi) is 16.0. The molecule has 4 N–H and O–H groups in total. The average Bonchev–Trinajstić information content (AvgIpc) is 3.17. The zero-order chi connectivity index (χ0) is 43.2. The molecule has 0 heterocycles. The summed E-state index contributed by atoms with van der Waals surface area (Å²) in [7, 11) is 1.47. The number of hydrogen-bond acceptors (Lipinski definition) is 10. The topological polar surface area (TPSA) is 187 Å². The van der Waals surface area contributed by atoms with Gasteiger partial charge in [0.2, 0.25) is 17.7 Å². The Bertz CT molecular complexity index is 2090. The van der Waals surface area contributed by atoms with Crippen molar-refractivity contribution in [3.63, 3.8) is 0 Å². The van der Waals surface area contributed by atoms with Crippen LogP contribution in [0.25, 0.3) is 10.8 Å². The highest BCUT2D eigenvalue weighted by Gasteiger charge is 2.33. The van der Waals surface area contributed by atoms with Crippen molar-refractivity contribution < 1.29 is 47.7 Å². The lowest BCUT2D eigenvalue weighted by Crippen LogP contribution is -2.57. The van der Waals surface area contributed by atoms with E-state index in [1.807, 2.05) is 48.5 Å². The first-order valence-electron chi connectivity index (χ1n) is 19.3. The van der Waals surface area contributed by atoms with E-state index in [-0.39, 0.29) is 25.9 Å². The largest absolute Gasteiger partial charge is 0.497 e. The molecule has 4 aromatic rings. The number of ether oxygens (including phenoxy) is 4. The molecule has 0 saturated heterocycles. The van der Waals surface area contributed by atoms with Gasteiger partial charge in [-0.2, -0.15) is 0 Å². The summed E-state index contributed by atoms with van der Waals surface area (Å²) < 4.78 is 21.6. The van der Waals surface area contributed by atoms with E-state index in [4.69, 9.17) is 18.9 Å². The second kappa shape index (κ2) is 20.8. The van der Waals surface area contributed by atoms with Crippen LogP contribution >= 0.6 is 0 Å². The summed E-state index contributed by atoms with van der Waals surface area (Å²) in [5.74, 6) is -3.38. The molecule has 0 aliphatic carbocycles. The van der Waals surface area contributed by atoms with E-state index < -0.39 is 71.5 Å². The fourth-order valence-corrected chi connectivity index (χ4v) is 5.88. The van der Waals surface area contributed by atoms with E-state index in [9.17, 15) is 28.8 Å². The highest BCUT2D eigenvalue weighted by Crippen LogP contribution is 2.20. The van der Waals surface area contributed by atoms with E-state index in [1.54, 1.807) is 90.1 Å². The van der Waals surface area contributed by atoms with Gasteiger partial charge >= 0.3 is 18.0 Å². The minimum absolute atomic E-state index is 0.0145. The van der Waals surface area contributed by atoms with Gasteiger partial charge in [0, 0.05) is 24.6 Å². The average molecular weight is 811 g/mol. The van der Waals surface area contributed by atoms with Gasteiger partial charge in [-0.1, -0.05) is 78.9 Å². The summed E-state index contributed by atoms with van der Waals surface area (Å²) in [6, 6.07) is 24.6. The van der Waals surface area contributed by atoms with Gasteiger partial charge in [-0.25, -0.2) is 4.79 Å². The molecular formula is C45H54N4O10. The van der Waals surface area contributed by atoms with Gasteiger partial charge in [0.15, 0.2) is 0 Å². The van der Waals surface area contributed by atoms with Gasteiger partial charge in [-0.05, 0) is 82.0 Å². The van der Waals surface area contributed by atoms with Crippen LogP contribution in [-0.2, 0) is 51.2 Å². The quantitative estimate of drug-likeness (QED) is 0.0712. The number of carbonyl (C=O) groups excluding carboxylic acids is 6. The maximum Gasteiger partial charge on any atom is 0.408 e. The lowest BCUT2D eigenvalue weighted by atomic mass is 10.0. The summed E-state index contributed by atoms with van der Waals surface area (Å²) in [6.07, 6.45) is -1.98. The molecule has 0 bridgehead atoms. The first-order chi connectivity index (χ1) is 27.9. The first-order valence-corrected chi connectivity index (χ1v) is 19.3. The molecule has 4 rings (SSSR count). The summed E-state index contributed by atoms with van der Waals surface area (Å²) in [6.45, 7) is 10.00. The van der Waals surface area contributed by atoms with Crippen molar-refractivity contribution in [1.82, 2.24) is 16.0 Å². The van der Waals surface area contributed by atoms with Crippen molar-refractivity contribution in [2.45, 2.75) is 103 Å². The van der Waals surface area contributed by atoms with Crippen molar-refractivity contribution in [2.75, 3.05) is 12.4 Å². The van der Waals surface area contributed by atoms with E-state index in [1.165, 1.54) is 7.11 Å². The second-order valence-corrected chi connectivity index (χ2v) is 15.9. The molecule has 0 aromatic heterocycles. The number of amides is 4. The van der Waals surface area contributed by atoms with Crippen molar-refractivity contribution in [3.05, 3.63) is 108 Å². The molecule has 14 heteroatoms. The maximum absolute atomic E-state index is 14.2. The fourth-order valence-electron chi connectivity index (χ4n) is 5.88. The molecule has 0 spiro atoms. The van der Waals surface area contributed by atoms with Crippen LogP contribution in [0, 0.1) is 0 Å². The molecule has 0 saturated carbocycles. The van der Waals surface area contributed by atoms with Crippen LogP contribution in [0.3, 0.4) is 0 Å². The third-order valence-electron chi connectivity index (χ3n) is 8.53. The number of esters is 2. The fraction of sp³-hybridized carbons (Fsp3) is 0.378. The van der Waals surface area contributed by atoms with E-state index >= 15 is 0 Å². The molecule has 0 aliphatic heterocycles. The molecule has 0 unspecified atom stereocenters. The number of nitrogens with one attached hydrogen (secondary N) is 4. The van der Waals surface area contributed by atoms with Gasteiger partial charge in [0.05, 0.1) is 13.5 Å². The number of fused-ring (bicyclic) bond motifs is 1. The van der Waals surface area contributed by atoms with Crippen molar-refractivity contribution in [1.29, 1.82) is 0 Å². The van der Waals surface area contributed by atoms with E-state index in [2.05, 4.69) is 21.3 Å². The van der Waals surface area contributed by atoms with Crippen LogP contribution in [0.15, 0.2) is 97.1 Å². The van der Waals surface area contributed by atoms with Gasteiger partial charge < -0.3 is 40.2 Å². The van der Waals surface area contributed by atoms with Crippen LogP contribution in [0.4, 0.5) is 10.5 Å². The molecule has 59 heavy (non-hydrogen) atoms. The Morgan fingerprint density at radius 2 is 1.22 bits per heavy atom. The zero-order valence-electron chi connectivity index (χ0n) is 34.6. The summed E-state index contributed by atoms with van der Waals surface area (Å²) in [5, 5.41) is 12.5. The molecule has 4 amide bonds. The third kappa shape index (κ3) is 15.8. The number of carbonyl (C=O) groups is 6. The van der Waals surface area contributed by atoms with Gasteiger partial charge in [-0.3, -0.25) is 24.0 Å². The highest BCUT2D eigenvalue weighted by atomic mass is 16.6. The van der Waals surface area contributed by atoms with E-state index in [0.717, 1.165) is 16.3 Å². The molecule has 4 aromatic carbocycles. The van der Waals surface area contributed by atoms with Gasteiger partial charge in [-0.15, -0.1) is 0 Å². The summed E-state index contributed by atoms with van der Waals surface area (Å²) >= 11 is 0. The molecule has 3 atom stereocenters. The lowest BCUT2D eigenvalue weighted by molar-refractivity contribution is -0.156. The number of anilines is 1. The molecular weight excluding hydrogens is 757 g/mol. The predicted molar refractivity (Wildman–Crippen MR) is 222 cm³/mol. The molecule has 314 valence electrons. The van der Waals surface area contributed by atoms with Crippen LogP contribution in [0.1, 0.15) is 71.9 Å². The summed E-state index contributed by atoms with van der Waals surface area (Å²) in [5.41, 5.74) is 0.0384. The third-order valence-corrected chi connectivity index (χ3v) is 8.53. The zero-order valence-corrected chi connectivity index (χ0v) is 34.6. The Labute approximate surface area is 344 Å². The van der Waals surface area contributed by atoms with Crippen molar-refractivity contribution >= 4 is 52.2 Å². The number of alkyl carbamates (subject to hydrolysis) is 1. The molecule has 0 aliphatic rings. The summed E-state index contributed by atoms with van der Waals surface area (Å²) in [4.78, 5) is 81.2. The molecule has 14 nitrogen and oxygen atoms in total. The monoisotopic (exact) mass is 810 g/mol. The Hall–Kier alpha value is -6.44. The number of methoxy groups -OCH3 is 1. The van der Waals surface area contributed by atoms with Gasteiger partial charge in [0.1, 0.15) is 41.7 Å². The van der Waals surface area contributed by atoms with Crippen LogP contribution in [-0.4, -0.2) is 72.2 Å². The second-order valence-electron chi connectivity index (χ2n) is 15.9. The molecule has 0 fully saturated rings. The predicted octanol–water partition coefficient (Wildman–Crippen LogP) is 6.15. The highest BCUT2D eigenvalue weighted by molar-refractivity contribution is 6.00. The van der Waals surface area contributed by atoms with Gasteiger partial charge in [0.25, 0.3) is 0 Å². The Balaban J connectivity index is 1.62. The Morgan fingerprint density at radius 3 is 1.90 bits per heavy atom. The lowest BCUT2D eigenvalue weighted by Gasteiger charge is -2.26. The van der Waals surface area contributed by atoms with Crippen LogP contribution in [0.2, 0.25) is 0 Å². The number of rotatable bonds is 17. The van der Waals surface area contributed by atoms with Crippen LogP contribution < -0.4 is 26.0 Å². The van der Waals surface area contributed by atoms with Crippen molar-refractivity contribution in [2.24, 2.45) is 0 Å². The SMILES string of the molecule is COc1cccc(NC(=O)[C@H](CCC(=O)OC(C)(C)C)NC(=O)[C@@H](CC(=O)OC(C)(C)C)NC(=O)[C@H](Cc2ccc3ccccc3c2)NC(=O)OCc2ccccc2)c1. The maximum atomic E-state index is 14.2. The number of benzene rings is 4. The van der Waals surface area contributed by atoms with Crippen LogP contribution in [0.5, 0.6) is 5.75 Å². The normalized spacial score (nSPS) is 12.9. The standard InChI is InChI=1S/C45H54N4O10/c1-44(2,3)58-38(50)23-22-35(40(52)46-33-18-13-19-34(26-33)56-7)47-42(54)37(27-39(51)59-45(4,5)6)48-41(53)36(49-43(55)57-28-29-14-9-8-10-15-29)25-30-20-21-31-16-11-12-17-32(31)24-30/h8-21,24,26,35-37H,22-23,25,27-28H2,1-7H3,(H,46,52)(H,47,54)(H,48,53)(H,49,55)/t35-,36-,37+/m0/s1. The first kappa shape index (κ1) is 45.3. The Morgan fingerprint density at radius 1 is 0.593 bits per heavy atom. The molecule has 0 radical (unpaired) electrons. The van der Waals surface area contributed by atoms with E-state index in [0.29, 0.717) is 17.0 Å². The minimum Gasteiger partial charge on any atom is -0.497 e. The smallest absolute Gasteiger partial charge is 0.408 e. The minimum atomic E-state index is -1.59. The van der Waals surface area contributed by atoms with Crippen molar-refractivity contribution in [3.8, 4) is 5.75 Å².